The Morgan fingerprint density at radius 3 is 2.80 bits per heavy atom. The van der Waals surface area contributed by atoms with Gasteiger partial charge in [-0.25, -0.2) is 4.98 Å². The normalized spacial score (nSPS) is 14.9. The van der Waals surface area contributed by atoms with Crippen molar-refractivity contribution < 1.29 is 22.7 Å². The minimum Gasteiger partial charge on any atom is -0.466 e. The molecule has 0 spiro atoms. The molecule has 6 nitrogen and oxygen atoms in total. The fraction of sp³-hybridized carbons (Fsp3) is 0.450. The number of aromatic nitrogens is 1. The number of hydrazone groups is 1. The number of hydrogen-bond acceptors (Lipinski definition) is 7. The third kappa shape index (κ3) is 5.94. The van der Waals surface area contributed by atoms with Crippen molar-refractivity contribution in [2.24, 2.45) is 5.10 Å². The molecule has 10 heteroatoms. The predicted octanol–water partition coefficient (Wildman–Crippen LogP) is 4.70. The molecule has 0 radical (unpaired) electrons. The summed E-state index contributed by atoms with van der Waals surface area (Å²) in [6.45, 7) is 3.30. The fourth-order valence-electron chi connectivity index (χ4n) is 3.23. The van der Waals surface area contributed by atoms with Crippen LogP contribution in [0.5, 0.6) is 0 Å². The van der Waals surface area contributed by atoms with Gasteiger partial charge in [-0.05, 0) is 43.9 Å². The first-order valence-electron chi connectivity index (χ1n) is 9.72. The summed E-state index contributed by atoms with van der Waals surface area (Å²) >= 11 is 1.24. The molecule has 2 heterocycles. The van der Waals surface area contributed by atoms with Gasteiger partial charge < -0.3 is 9.64 Å². The first-order valence-corrected chi connectivity index (χ1v) is 10.6. The number of thiazole rings is 1. The Morgan fingerprint density at radius 1 is 1.33 bits per heavy atom. The van der Waals surface area contributed by atoms with E-state index in [-0.39, 0.29) is 18.1 Å². The van der Waals surface area contributed by atoms with Crippen LogP contribution in [0, 0.1) is 0 Å². The van der Waals surface area contributed by atoms with Crippen LogP contribution in [-0.4, -0.2) is 36.9 Å². The molecule has 1 fully saturated rings. The maximum Gasteiger partial charge on any atom is 0.418 e. The lowest BCUT2D eigenvalue weighted by Gasteiger charge is -2.31. The molecule has 1 N–H and O–H groups in total. The van der Waals surface area contributed by atoms with E-state index in [0.29, 0.717) is 36.1 Å². The molecule has 2 aromatic rings. The molecule has 162 valence electrons. The molecule has 0 amide bonds. The van der Waals surface area contributed by atoms with Crippen molar-refractivity contribution >= 4 is 34.3 Å². The summed E-state index contributed by atoms with van der Waals surface area (Å²) in [5.41, 5.74) is 3.13. The topological polar surface area (TPSA) is 66.8 Å². The van der Waals surface area contributed by atoms with Gasteiger partial charge in [-0.1, -0.05) is 6.07 Å². The molecule has 1 aliphatic rings. The number of alkyl halides is 3. The Hall–Kier alpha value is -2.62. The molecule has 0 bridgehead atoms. The molecule has 0 atom stereocenters. The second kappa shape index (κ2) is 9.92. The van der Waals surface area contributed by atoms with Crippen LogP contribution < -0.4 is 10.3 Å². The second-order valence-corrected chi connectivity index (χ2v) is 7.68. The Labute approximate surface area is 176 Å². The maximum atomic E-state index is 13.6. The first-order chi connectivity index (χ1) is 14.4. The molecule has 0 unspecified atom stereocenters. The van der Waals surface area contributed by atoms with Crippen LogP contribution in [0.4, 0.5) is 24.0 Å². The highest BCUT2D eigenvalue weighted by Crippen LogP contribution is 2.38. The average Bonchev–Trinajstić information content (AvgIpc) is 3.15. The number of halogens is 3. The molecule has 1 aromatic carbocycles. The fourth-order valence-corrected chi connectivity index (χ4v) is 3.89. The Balaban J connectivity index is 1.68. The van der Waals surface area contributed by atoms with Gasteiger partial charge in [-0.15, -0.1) is 11.3 Å². The quantitative estimate of drug-likeness (QED) is 0.384. The number of hydrogen-bond donors (Lipinski definition) is 1. The summed E-state index contributed by atoms with van der Waals surface area (Å²) in [5, 5.41) is 6.12. The molecule has 0 saturated carbocycles. The number of benzene rings is 1. The Kier molecular flexibility index (Phi) is 7.30. The molecule has 3 rings (SSSR count). The second-order valence-electron chi connectivity index (χ2n) is 6.82. The summed E-state index contributed by atoms with van der Waals surface area (Å²) in [7, 11) is 0. The highest BCUT2D eigenvalue weighted by atomic mass is 32.1. The summed E-state index contributed by atoms with van der Waals surface area (Å²) in [4.78, 5) is 17.5. The van der Waals surface area contributed by atoms with E-state index in [1.807, 2.05) is 0 Å². The van der Waals surface area contributed by atoms with Crippen LogP contribution in [-0.2, 0) is 22.1 Å². The van der Waals surface area contributed by atoms with Crippen LogP contribution >= 0.6 is 11.3 Å². The van der Waals surface area contributed by atoms with E-state index in [4.69, 9.17) is 4.74 Å². The summed E-state index contributed by atoms with van der Waals surface area (Å²) in [6.07, 6.45) is -0.217. The number of anilines is 2. The van der Waals surface area contributed by atoms with Gasteiger partial charge >= 0.3 is 12.1 Å². The molecule has 0 aliphatic carbocycles. The van der Waals surface area contributed by atoms with Gasteiger partial charge in [0.15, 0.2) is 0 Å². The molecule has 30 heavy (non-hydrogen) atoms. The standard InChI is InChI=1S/C20H23F3N4O2S/c1-2-29-18(28)11-15-13-30-19(25-15)26-24-12-14-6-7-17(16(10-14)20(21,22)23)27-8-4-3-5-9-27/h6-7,10,12-13H,2-5,8-9,11H2,1H3,(H,25,26). The molecule has 1 aliphatic heterocycles. The van der Waals surface area contributed by atoms with E-state index in [0.717, 1.165) is 25.3 Å². The number of rotatable bonds is 7. The smallest absolute Gasteiger partial charge is 0.418 e. The zero-order chi connectivity index (χ0) is 21.6. The average molecular weight is 440 g/mol. The number of ether oxygens (including phenoxy) is 1. The Bertz CT molecular complexity index is 892. The van der Waals surface area contributed by atoms with Crippen molar-refractivity contribution in [3.8, 4) is 0 Å². The third-order valence-electron chi connectivity index (χ3n) is 4.58. The van der Waals surface area contributed by atoms with Crippen LogP contribution in [0.3, 0.4) is 0 Å². The molecule has 1 aromatic heterocycles. The number of nitrogens with zero attached hydrogens (tertiary/aromatic N) is 3. The summed E-state index contributed by atoms with van der Waals surface area (Å²) < 4.78 is 45.7. The summed E-state index contributed by atoms with van der Waals surface area (Å²) in [5.74, 6) is -0.369. The van der Waals surface area contributed by atoms with Crippen LogP contribution in [0.2, 0.25) is 0 Å². The molecular formula is C20H23F3N4O2S. The van der Waals surface area contributed by atoms with Crippen LogP contribution in [0.25, 0.3) is 0 Å². The first kappa shape index (κ1) is 22.1. The van der Waals surface area contributed by atoms with Gasteiger partial charge in [0.2, 0.25) is 5.13 Å². The number of piperidine rings is 1. The zero-order valence-corrected chi connectivity index (χ0v) is 17.4. The lowest BCUT2D eigenvalue weighted by Crippen LogP contribution is -2.31. The lowest BCUT2D eigenvalue weighted by molar-refractivity contribution is -0.142. The van der Waals surface area contributed by atoms with Gasteiger partial charge in [-0.3, -0.25) is 10.2 Å². The van der Waals surface area contributed by atoms with Crippen molar-refractivity contribution in [3.63, 3.8) is 0 Å². The van der Waals surface area contributed by atoms with Crippen molar-refractivity contribution in [2.45, 2.75) is 38.8 Å². The third-order valence-corrected chi connectivity index (χ3v) is 5.37. The van der Waals surface area contributed by atoms with E-state index in [9.17, 15) is 18.0 Å². The van der Waals surface area contributed by atoms with Crippen molar-refractivity contribution in [1.29, 1.82) is 0 Å². The SMILES string of the molecule is CCOC(=O)Cc1csc(NN=Cc2ccc(N3CCCCC3)c(C(F)(F)F)c2)n1. The molecule has 1 saturated heterocycles. The minimum atomic E-state index is -4.44. The van der Waals surface area contributed by atoms with Gasteiger partial charge in [0, 0.05) is 24.2 Å². The van der Waals surface area contributed by atoms with Gasteiger partial charge in [0.1, 0.15) is 0 Å². The van der Waals surface area contributed by atoms with Crippen molar-refractivity contribution in [3.05, 3.63) is 40.4 Å². The van der Waals surface area contributed by atoms with E-state index >= 15 is 0 Å². The highest BCUT2D eigenvalue weighted by Gasteiger charge is 2.35. The van der Waals surface area contributed by atoms with E-state index in [2.05, 4.69) is 15.5 Å². The zero-order valence-electron chi connectivity index (χ0n) is 16.5. The van der Waals surface area contributed by atoms with Gasteiger partial charge in [-0.2, -0.15) is 18.3 Å². The van der Waals surface area contributed by atoms with Gasteiger partial charge in [0.25, 0.3) is 0 Å². The van der Waals surface area contributed by atoms with Crippen molar-refractivity contribution in [1.82, 2.24) is 4.98 Å². The number of carbonyl (C=O) groups excluding carboxylic acids is 1. The largest absolute Gasteiger partial charge is 0.466 e. The van der Waals surface area contributed by atoms with Crippen LogP contribution in [0.15, 0.2) is 28.7 Å². The number of esters is 1. The molecular weight excluding hydrogens is 417 g/mol. The van der Waals surface area contributed by atoms with E-state index in [1.165, 1.54) is 23.6 Å². The number of carbonyl (C=O) groups is 1. The van der Waals surface area contributed by atoms with E-state index < -0.39 is 11.7 Å². The van der Waals surface area contributed by atoms with E-state index in [1.54, 1.807) is 23.3 Å². The highest BCUT2D eigenvalue weighted by molar-refractivity contribution is 7.13. The number of nitrogens with one attached hydrogen (secondary N) is 1. The predicted molar refractivity (Wildman–Crippen MR) is 111 cm³/mol. The Morgan fingerprint density at radius 2 is 2.10 bits per heavy atom. The lowest BCUT2D eigenvalue weighted by atomic mass is 10.0. The maximum absolute atomic E-state index is 13.6. The van der Waals surface area contributed by atoms with Gasteiger partial charge in [0.05, 0.1) is 30.5 Å². The minimum absolute atomic E-state index is 0.0582. The van der Waals surface area contributed by atoms with Crippen LogP contribution in [0.1, 0.15) is 43.0 Å². The summed E-state index contributed by atoms with van der Waals surface area (Å²) in [6, 6.07) is 4.25. The van der Waals surface area contributed by atoms with Crippen molar-refractivity contribution in [2.75, 3.05) is 30.0 Å². The monoisotopic (exact) mass is 440 g/mol.